The maximum absolute atomic E-state index is 11.9. The second-order valence-electron chi connectivity index (χ2n) is 6.12. The summed E-state index contributed by atoms with van der Waals surface area (Å²) < 4.78 is 28.9. The summed E-state index contributed by atoms with van der Waals surface area (Å²) in [6, 6.07) is 8.34. The van der Waals surface area contributed by atoms with E-state index in [1.807, 2.05) is 0 Å². The molecule has 0 heterocycles. The van der Waals surface area contributed by atoms with Crippen molar-refractivity contribution in [2.45, 2.75) is 82.4 Å². The summed E-state index contributed by atoms with van der Waals surface area (Å²) in [5, 5.41) is 0. The molecule has 0 N–H and O–H groups in total. The number of hydrogen-bond donors (Lipinski definition) is 0. The standard InChI is InChI=1S/C19H32O3S.Na/c1-2-3-4-5-6-7-8-9-10-11-15-18-22-23(20,21)19-16-13-12-14-17-19;/h12-14,16-17H,2-11,15,18H2,1H3;. The average Bonchev–Trinajstić information content (AvgIpc) is 2.56. The van der Waals surface area contributed by atoms with Gasteiger partial charge in [-0.25, -0.2) is 0 Å². The van der Waals surface area contributed by atoms with Crippen molar-refractivity contribution in [3.63, 3.8) is 0 Å². The van der Waals surface area contributed by atoms with Crippen LogP contribution in [-0.4, -0.2) is 44.6 Å². The average molecular weight is 364 g/mol. The zero-order valence-electron chi connectivity index (χ0n) is 15.5. The van der Waals surface area contributed by atoms with Crippen molar-refractivity contribution in [1.29, 1.82) is 0 Å². The normalized spacial score (nSPS) is 11.2. The molecule has 0 saturated heterocycles. The molecule has 0 aliphatic heterocycles. The summed E-state index contributed by atoms with van der Waals surface area (Å²) in [6.07, 6.45) is 13.7. The van der Waals surface area contributed by atoms with Gasteiger partial charge in [0, 0.05) is 29.6 Å². The largest absolute Gasteiger partial charge is 0.296 e. The predicted molar refractivity (Wildman–Crippen MR) is 102 cm³/mol. The molecule has 0 spiro atoms. The molecule has 5 heteroatoms. The Bertz CT molecular complexity index is 489. The number of hydrogen-bond acceptors (Lipinski definition) is 3. The molecule has 0 amide bonds. The van der Waals surface area contributed by atoms with Gasteiger partial charge < -0.3 is 0 Å². The van der Waals surface area contributed by atoms with E-state index in [1.165, 1.54) is 57.8 Å². The van der Waals surface area contributed by atoms with Crippen molar-refractivity contribution in [2.75, 3.05) is 6.61 Å². The van der Waals surface area contributed by atoms with Crippen LogP contribution in [0.2, 0.25) is 0 Å². The van der Waals surface area contributed by atoms with Crippen molar-refractivity contribution in [1.82, 2.24) is 0 Å². The number of unbranched alkanes of at least 4 members (excludes halogenated alkanes) is 10. The fourth-order valence-electron chi connectivity index (χ4n) is 2.59. The van der Waals surface area contributed by atoms with Crippen LogP contribution >= 0.6 is 0 Å². The van der Waals surface area contributed by atoms with Crippen molar-refractivity contribution in [3.05, 3.63) is 30.3 Å². The molecule has 3 nitrogen and oxygen atoms in total. The molecule has 1 radical (unpaired) electrons. The minimum Gasteiger partial charge on any atom is -0.266 e. The molecule has 0 aliphatic rings. The van der Waals surface area contributed by atoms with Crippen LogP contribution in [0.1, 0.15) is 77.6 Å². The Balaban J connectivity index is 0.00000529. The van der Waals surface area contributed by atoms with Crippen LogP contribution in [0.25, 0.3) is 0 Å². The third kappa shape index (κ3) is 11.6. The molecule has 0 aliphatic carbocycles. The molecule has 1 rings (SSSR count). The number of benzene rings is 1. The molecule has 0 bridgehead atoms. The van der Waals surface area contributed by atoms with Crippen LogP contribution < -0.4 is 0 Å². The Morgan fingerprint density at radius 1 is 0.750 bits per heavy atom. The van der Waals surface area contributed by atoms with Crippen LogP contribution in [0.5, 0.6) is 0 Å². The van der Waals surface area contributed by atoms with Crippen molar-refractivity contribution >= 4 is 39.7 Å². The third-order valence-corrected chi connectivity index (χ3v) is 5.34. The van der Waals surface area contributed by atoms with Crippen LogP contribution in [0.15, 0.2) is 35.2 Å². The first-order valence-corrected chi connectivity index (χ1v) is 10.5. The van der Waals surface area contributed by atoms with Gasteiger partial charge in [-0.3, -0.25) is 4.18 Å². The van der Waals surface area contributed by atoms with Crippen LogP contribution in [0, 0.1) is 0 Å². The van der Waals surface area contributed by atoms with Crippen LogP contribution in [-0.2, 0) is 14.3 Å². The van der Waals surface area contributed by atoms with E-state index in [9.17, 15) is 8.42 Å². The van der Waals surface area contributed by atoms with Gasteiger partial charge in [-0.15, -0.1) is 0 Å². The summed E-state index contributed by atoms with van der Waals surface area (Å²) in [6.45, 7) is 2.53. The first-order valence-electron chi connectivity index (χ1n) is 9.11. The van der Waals surface area contributed by atoms with Gasteiger partial charge in [0.25, 0.3) is 10.1 Å². The van der Waals surface area contributed by atoms with Crippen molar-refractivity contribution < 1.29 is 12.6 Å². The van der Waals surface area contributed by atoms with Crippen molar-refractivity contribution in [3.8, 4) is 0 Å². The molecule has 133 valence electrons. The number of rotatable bonds is 14. The van der Waals surface area contributed by atoms with E-state index in [2.05, 4.69) is 6.92 Å². The first-order chi connectivity index (χ1) is 11.2. The van der Waals surface area contributed by atoms with E-state index in [0.29, 0.717) is 0 Å². The molecule has 0 aromatic heterocycles. The fraction of sp³-hybridized carbons (Fsp3) is 0.684. The quantitative estimate of drug-likeness (QED) is 0.255. The minimum atomic E-state index is -3.57. The third-order valence-electron chi connectivity index (χ3n) is 4.02. The van der Waals surface area contributed by atoms with Gasteiger partial charge in [-0.1, -0.05) is 89.3 Å². The van der Waals surface area contributed by atoms with E-state index in [4.69, 9.17) is 4.18 Å². The van der Waals surface area contributed by atoms with Gasteiger partial charge in [0.05, 0.1) is 11.5 Å². The Morgan fingerprint density at radius 2 is 1.21 bits per heavy atom. The van der Waals surface area contributed by atoms with Gasteiger partial charge in [-0.2, -0.15) is 8.42 Å². The molecule has 1 aromatic carbocycles. The van der Waals surface area contributed by atoms with Crippen LogP contribution in [0.4, 0.5) is 0 Å². The zero-order chi connectivity index (χ0) is 16.8. The maximum Gasteiger partial charge on any atom is 0.296 e. The molecular formula is C19H32NaO3S. The van der Waals surface area contributed by atoms with Gasteiger partial charge in [-0.05, 0) is 18.6 Å². The summed E-state index contributed by atoms with van der Waals surface area (Å²) in [5.41, 5.74) is 0. The van der Waals surface area contributed by atoms with E-state index >= 15 is 0 Å². The smallest absolute Gasteiger partial charge is 0.266 e. The zero-order valence-corrected chi connectivity index (χ0v) is 18.3. The molecule has 0 saturated carbocycles. The molecule has 0 atom stereocenters. The Kier molecular flexibility index (Phi) is 15.5. The summed E-state index contributed by atoms with van der Waals surface area (Å²) in [5.74, 6) is 0. The first kappa shape index (κ1) is 24.1. The van der Waals surface area contributed by atoms with E-state index in [1.54, 1.807) is 30.3 Å². The Hall–Kier alpha value is 0.130. The summed E-state index contributed by atoms with van der Waals surface area (Å²) >= 11 is 0. The van der Waals surface area contributed by atoms with Crippen LogP contribution in [0.3, 0.4) is 0 Å². The minimum absolute atomic E-state index is 0. The fourth-order valence-corrected chi connectivity index (χ4v) is 3.55. The monoisotopic (exact) mass is 363 g/mol. The summed E-state index contributed by atoms with van der Waals surface area (Å²) in [7, 11) is -3.57. The van der Waals surface area contributed by atoms with E-state index in [0.717, 1.165) is 12.8 Å². The predicted octanol–water partition coefficient (Wildman–Crippen LogP) is 5.32. The molecular weight excluding hydrogens is 331 g/mol. The second kappa shape index (κ2) is 15.4. The Labute approximate surface area is 171 Å². The molecule has 24 heavy (non-hydrogen) atoms. The molecule has 0 unspecified atom stereocenters. The Morgan fingerprint density at radius 3 is 1.71 bits per heavy atom. The maximum atomic E-state index is 11.9. The summed E-state index contributed by atoms with van der Waals surface area (Å²) in [4.78, 5) is 0.239. The van der Waals surface area contributed by atoms with Crippen molar-refractivity contribution in [2.24, 2.45) is 0 Å². The van der Waals surface area contributed by atoms with Gasteiger partial charge >= 0.3 is 0 Å². The van der Waals surface area contributed by atoms with Gasteiger partial charge in [0.2, 0.25) is 0 Å². The SMILES string of the molecule is CCCCCCCCCCCCCOS(=O)(=O)c1ccccc1.[Na]. The van der Waals surface area contributed by atoms with Gasteiger partial charge in [0.1, 0.15) is 0 Å². The molecule has 0 fully saturated rings. The second-order valence-corrected chi connectivity index (χ2v) is 7.74. The molecule has 1 aromatic rings. The topological polar surface area (TPSA) is 43.4 Å². The van der Waals surface area contributed by atoms with E-state index in [-0.39, 0.29) is 41.1 Å². The van der Waals surface area contributed by atoms with Gasteiger partial charge in [0.15, 0.2) is 0 Å². The van der Waals surface area contributed by atoms with E-state index < -0.39 is 10.1 Å².